The van der Waals surface area contributed by atoms with Crippen molar-refractivity contribution in [3.63, 3.8) is 0 Å². The fourth-order valence-corrected chi connectivity index (χ4v) is 6.80. The van der Waals surface area contributed by atoms with E-state index in [4.69, 9.17) is 0 Å². The van der Waals surface area contributed by atoms with Crippen LogP contribution in [0.3, 0.4) is 0 Å². The molecule has 2 aromatic heterocycles. The monoisotopic (exact) mass is 700 g/mol. The Morgan fingerprint density at radius 3 is 2.02 bits per heavy atom. The number of aromatic nitrogens is 4. The summed E-state index contributed by atoms with van der Waals surface area (Å²) < 4.78 is 20.2. The van der Waals surface area contributed by atoms with Gasteiger partial charge in [-0.2, -0.15) is 0 Å². The number of carbonyl (C=O) groups is 4. The number of amides is 4. The molecule has 0 unspecified atom stereocenters. The van der Waals surface area contributed by atoms with Gasteiger partial charge in [-0.3, -0.25) is 14.5 Å². The molecule has 0 aliphatic carbocycles. The molecule has 4 amide bonds. The molecule has 51 heavy (non-hydrogen) atoms. The summed E-state index contributed by atoms with van der Waals surface area (Å²) in [7, 11) is 2.62. The number of carbonyl (C=O) groups excluding carboxylic acids is 3. The summed E-state index contributed by atoms with van der Waals surface area (Å²) in [5.74, 6) is 0.251. The Kier molecular flexibility index (Phi) is 10.1. The molecule has 2 saturated heterocycles. The number of aromatic amines is 2. The van der Waals surface area contributed by atoms with Gasteiger partial charge >= 0.3 is 12.2 Å². The van der Waals surface area contributed by atoms with Crippen LogP contribution in [0.5, 0.6) is 0 Å². The highest BCUT2D eigenvalue weighted by atomic mass is 19.1. The average Bonchev–Trinajstić information content (AvgIpc) is 3.97. The lowest BCUT2D eigenvalue weighted by Crippen LogP contribution is -2.47. The molecule has 0 saturated carbocycles. The van der Waals surface area contributed by atoms with Crippen molar-refractivity contribution in [2.24, 2.45) is 0 Å². The van der Waals surface area contributed by atoms with Crippen LogP contribution >= 0.6 is 0 Å². The molecule has 2 aliphatic rings. The van der Waals surface area contributed by atoms with Crippen LogP contribution < -0.4 is 5.32 Å². The van der Waals surface area contributed by atoms with Gasteiger partial charge in [0.05, 0.1) is 43.0 Å². The minimum Gasteiger partial charge on any atom is -0.465 e. The summed E-state index contributed by atoms with van der Waals surface area (Å²) in [6, 6.07) is 10.4. The molecule has 4 heterocycles. The van der Waals surface area contributed by atoms with Gasteiger partial charge in [0.2, 0.25) is 11.8 Å². The van der Waals surface area contributed by atoms with E-state index in [1.165, 1.54) is 20.2 Å². The number of methoxy groups -OCH3 is 1. The lowest BCUT2D eigenvalue weighted by atomic mass is 10.0. The third kappa shape index (κ3) is 7.14. The number of hydrogen-bond donors (Lipinski definition) is 4. The number of likely N-dealkylation sites (N-methyl/N-ethyl adjacent to an activating group) is 1. The lowest BCUT2D eigenvalue weighted by molar-refractivity contribution is -0.136. The lowest BCUT2D eigenvalue weighted by Gasteiger charge is -2.29. The normalized spacial score (nSPS) is 18.4. The van der Waals surface area contributed by atoms with Gasteiger partial charge in [-0.15, -0.1) is 0 Å². The summed E-state index contributed by atoms with van der Waals surface area (Å²) in [6.07, 6.45) is 4.40. The molecular formula is C36H41FN8O6. The first-order valence-electron chi connectivity index (χ1n) is 16.9. The topological polar surface area (TPSA) is 177 Å². The van der Waals surface area contributed by atoms with Crippen molar-refractivity contribution in [1.29, 1.82) is 0 Å². The summed E-state index contributed by atoms with van der Waals surface area (Å²) in [6.45, 7) is 4.23. The quantitative estimate of drug-likeness (QED) is 0.181. The molecule has 0 radical (unpaired) electrons. The van der Waals surface area contributed by atoms with Gasteiger partial charge in [0.15, 0.2) is 0 Å². The molecule has 14 nitrogen and oxygen atoms in total. The Morgan fingerprint density at radius 2 is 1.43 bits per heavy atom. The first-order valence-corrected chi connectivity index (χ1v) is 16.9. The molecule has 15 heteroatoms. The highest BCUT2D eigenvalue weighted by Gasteiger charge is 2.37. The number of imidazole rings is 2. The van der Waals surface area contributed by atoms with Gasteiger partial charge in [-0.05, 0) is 68.4 Å². The molecular weight excluding hydrogens is 659 g/mol. The van der Waals surface area contributed by atoms with Crippen molar-refractivity contribution in [2.45, 2.75) is 63.7 Å². The fourth-order valence-electron chi connectivity index (χ4n) is 6.80. The SMILES string of the molecule is COC(=O)N[C@@H](C)C(=O)N1CCC[C@H]1c1ncc(-c2ccc(-c3ccc(-c4cnc([C@@H]5CCCN5C(=O)[C@H](C)N(C)C(=O)O)[nH]4)cc3)cc2F)[nH]1. The number of benzene rings is 2. The zero-order valence-electron chi connectivity index (χ0n) is 28.9. The number of nitrogens with zero attached hydrogens (tertiary/aromatic N) is 5. The molecule has 4 atom stereocenters. The smallest absolute Gasteiger partial charge is 0.407 e. The van der Waals surface area contributed by atoms with Gasteiger partial charge < -0.3 is 34.9 Å². The Bertz CT molecular complexity index is 1930. The van der Waals surface area contributed by atoms with E-state index in [9.17, 15) is 24.3 Å². The number of H-pyrrole nitrogens is 2. The summed E-state index contributed by atoms with van der Waals surface area (Å²) in [5, 5.41) is 11.8. The predicted octanol–water partition coefficient (Wildman–Crippen LogP) is 5.34. The standard InChI is InChI=1S/C36H41FN8O6/c1-20(40-35(48)51-4)33(46)44-15-5-7-29(44)32-39-19-28(42-32)25-14-13-24(17-26(25)37)22-9-11-23(12-10-22)27-18-38-31(41-27)30-8-6-16-45(30)34(47)21(2)43(3)36(49)50/h9-14,17-21,29-30H,5-8,15-16H2,1-4H3,(H,38,41)(H,39,42)(H,40,48)(H,49,50)/t20-,21-,29-,30-/m0/s1. The Labute approximate surface area is 294 Å². The Hall–Kier alpha value is -5.73. The van der Waals surface area contributed by atoms with E-state index in [1.54, 1.807) is 42.1 Å². The first kappa shape index (κ1) is 35.1. The van der Waals surface area contributed by atoms with Crippen LogP contribution in [0.25, 0.3) is 33.6 Å². The van der Waals surface area contributed by atoms with E-state index >= 15 is 4.39 Å². The zero-order valence-corrected chi connectivity index (χ0v) is 28.9. The van der Waals surface area contributed by atoms with E-state index < -0.39 is 30.1 Å². The maximum Gasteiger partial charge on any atom is 0.407 e. The van der Waals surface area contributed by atoms with E-state index in [-0.39, 0.29) is 23.9 Å². The van der Waals surface area contributed by atoms with Gasteiger partial charge in [0.25, 0.3) is 0 Å². The van der Waals surface area contributed by atoms with Gasteiger partial charge in [-0.1, -0.05) is 30.3 Å². The minimum atomic E-state index is -1.16. The number of halogens is 1. The van der Waals surface area contributed by atoms with Crippen LogP contribution in [0.4, 0.5) is 14.0 Å². The minimum absolute atomic E-state index is 0.250. The molecule has 0 spiro atoms. The van der Waals surface area contributed by atoms with Crippen molar-refractivity contribution in [3.05, 3.63) is 72.3 Å². The molecule has 0 bridgehead atoms. The Balaban J connectivity index is 1.13. The van der Waals surface area contributed by atoms with Gasteiger partial charge in [0, 0.05) is 25.7 Å². The van der Waals surface area contributed by atoms with Crippen LogP contribution in [0.2, 0.25) is 0 Å². The second-order valence-corrected chi connectivity index (χ2v) is 12.9. The average molecular weight is 701 g/mol. The molecule has 2 aromatic carbocycles. The molecule has 2 aliphatic heterocycles. The molecule has 4 aromatic rings. The van der Waals surface area contributed by atoms with Crippen LogP contribution in [0, 0.1) is 5.82 Å². The van der Waals surface area contributed by atoms with Crippen molar-refractivity contribution in [3.8, 4) is 33.6 Å². The van der Waals surface area contributed by atoms with E-state index in [1.807, 2.05) is 30.3 Å². The first-order chi connectivity index (χ1) is 24.5. The highest BCUT2D eigenvalue weighted by molar-refractivity contribution is 5.86. The number of carboxylic acid groups (broad SMARTS) is 1. The summed E-state index contributed by atoms with van der Waals surface area (Å²) >= 11 is 0. The van der Waals surface area contributed by atoms with Crippen LogP contribution in [0.1, 0.15) is 63.3 Å². The van der Waals surface area contributed by atoms with Crippen LogP contribution in [-0.4, -0.2) is 103 Å². The van der Waals surface area contributed by atoms with E-state index in [0.29, 0.717) is 48.0 Å². The fraction of sp³-hybridized carbons (Fsp3) is 0.389. The number of nitrogens with one attached hydrogen (secondary N) is 3. The third-order valence-corrected chi connectivity index (χ3v) is 9.81. The number of rotatable bonds is 9. The van der Waals surface area contributed by atoms with Crippen LogP contribution in [-0.2, 0) is 14.3 Å². The highest BCUT2D eigenvalue weighted by Crippen LogP contribution is 2.35. The Morgan fingerprint density at radius 1 is 0.882 bits per heavy atom. The van der Waals surface area contributed by atoms with Crippen LogP contribution in [0.15, 0.2) is 54.9 Å². The molecule has 6 rings (SSSR count). The van der Waals surface area contributed by atoms with E-state index in [2.05, 4.69) is 30.0 Å². The molecule has 2 fully saturated rings. The molecule has 268 valence electrons. The van der Waals surface area contributed by atoms with Crippen molar-refractivity contribution >= 4 is 24.0 Å². The summed E-state index contributed by atoms with van der Waals surface area (Å²) in [5.41, 5.74) is 3.97. The second kappa shape index (κ2) is 14.6. The van der Waals surface area contributed by atoms with Crippen molar-refractivity contribution in [1.82, 2.24) is 40.0 Å². The number of hydrogen-bond acceptors (Lipinski definition) is 7. The number of ether oxygens (including phenoxy) is 1. The number of alkyl carbamates (subject to hydrolysis) is 1. The predicted molar refractivity (Wildman–Crippen MR) is 185 cm³/mol. The van der Waals surface area contributed by atoms with Crippen molar-refractivity contribution < 1.29 is 33.4 Å². The molecule has 4 N–H and O–H groups in total. The van der Waals surface area contributed by atoms with Gasteiger partial charge in [-0.25, -0.2) is 23.9 Å². The largest absolute Gasteiger partial charge is 0.465 e. The maximum absolute atomic E-state index is 15.6. The zero-order chi connectivity index (χ0) is 36.4. The van der Waals surface area contributed by atoms with Gasteiger partial charge in [0.1, 0.15) is 29.5 Å². The second-order valence-electron chi connectivity index (χ2n) is 12.9. The third-order valence-electron chi connectivity index (χ3n) is 9.81. The van der Waals surface area contributed by atoms with E-state index in [0.717, 1.165) is 41.0 Å². The summed E-state index contributed by atoms with van der Waals surface area (Å²) in [4.78, 5) is 69.1. The maximum atomic E-state index is 15.6. The van der Waals surface area contributed by atoms with Crippen molar-refractivity contribution in [2.75, 3.05) is 27.2 Å². The number of likely N-dealkylation sites (tertiary alicyclic amines) is 2.